The maximum atomic E-state index is 12.0. The second kappa shape index (κ2) is 9.63. The summed E-state index contributed by atoms with van der Waals surface area (Å²) < 4.78 is 5.54. The summed E-state index contributed by atoms with van der Waals surface area (Å²) in [5.41, 5.74) is 0. The predicted molar refractivity (Wildman–Crippen MR) is 97.8 cm³/mol. The molecule has 1 fully saturated rings. The number of carbonyl (C=O) groups is 2. The van der Waals surface area contributed by atoms with E-state index in [1.165, 1.54) is 0 Å². The lowest BCUT2D eigenvalue weighted by atomic mass is 9.95. The third-order valence-corrected chi connectivity index (χ3v) is 4.47. The summed E-state index contributed by atoms with van der Waals surface area (Å²) in [5, 5.41) is 3.48. The number of benzene rings is 1. The molecule has 0 saturated carbocycles. The van der Waals surface area contributed by atoms with E-state index in [1.54, 1.807) is 31.1 Å². The number of carbonyl (C=O) groups excluding carboxylic acids is 2. The van der Waals surface area contributed by atoms with E-state index in [0.717, 1.165) is 25.9 Å². The van der Waals surface area contributed by atoms with Crippen LogP contribution in [0.25, 0.3) is 0 Å². The molecule has 1 aromatic carbocycles. The monoisotopic (exact) mass is 367 g/mol. The summed E-state index contributed by atoms with van der Waals surface area (Å²) in [4.78, 5) is 27.7. The number of piperidine rings is 1. The molecule has 6 nitrogen and oxygen atoms in total. The molecule has 0 aromatic heterocycles. The van der Waals surface area contributed by atoms with Crippen LogP contribution in [0.2, 0.25) is 5.02 Å². The van der Waals surface area contributed by atoms with E-state index < -0.39 is 0 Å². The highest BCUT2D eigenvalue weighted by Crippen LogP contribution is 2.18. The minimum Gasteiger partial charge on any atom is -0.492 e. The molecule has 0 spiro atoms. The average Bonchev–Trinajstić information content (AvgIpc) is 2.59. The molecule has 1 heterocycles. The van der Waals surface area contributed by atoms with Crippen molar-refractivity contribution in [2.75, 3.05) is 46.9 Å². The molecular weight excluding hydrogens is 342 g/mol. The molecule has 1 aromatic rings. The molecule has 0 unspecified atom stereocenters. The first-order valence-electron chi connectivity index (χ1n) is 8.54. The first kappa shape index (κ1) is 19.5. The number of nitrogens with one attached hydrogen (secondary N) is 1. The van der Waals surface area contributed by atoms with Gasteiger partial charge in [-0.1, -0.05) is 17.7 Å². The van der Waals surface area contributed by atoms with E-state index in [9.17, 15) is 9.59 Å². The Morgan fingerprint density at radius 1 is 1.32 bits per heavy atom. The highest BCUT2D eigenvalue weighted by molar-refractivity contribution is 6.30. The number of nitrogens with zero attached hydrogens (tertiary/aromatic N) is 2. The van der Waals surface area contributed by atoms with E-state index in [2.05, 4.69) is 10.2 Å². The fourth-order valence-electron chi connectivity index (χ4n) is 2.88. The number of likely N-dealkylation sites (tertiary alicyclic amines) is 1. The summed E-state index contributed by atoms with van der Waals surface area (Å²) >= 11 is 5.88. The molecule has 25 heavy (non-hydrogen) atoms. The van der Waals surface area contributed by atoms with Crippen molar-refractivity contribution in [3.63, 3.8) is 0 Å². The van der Waals surface area contributed by atoms with E-state index in [-0.39, 0.29) is 17.7 Å². The molecule has 1 N–H and O–H groups in total. The van der Waals surface area contributed by atoms with Crippen LogP contribution in [0.1, 0.15) is 12.8 Å². The van der Waals surface area contributed by atoms with Crippen molar-refractivity contribution >= 4 is 23.4 Å². The zero-order chi connectivity index (χ0) is 18.2. The third-order valence-electron chi connectivity index (χ3n) is 4.23. The van der Waals surface area contributed by atoms with Crippen LogP contribution in [0.4, 0.5) is 0 Å². The van der Waals surface area contributed by atoms with Gasteiger partial charge in [0.1, 0.15) is 12.4 Å². The van der Waals surface area contributed by atoms with Gasteiger partial charge in [0.25, 0.3) is 0 Å². The van der Waals surface area contributed by atoms with Crippen LogP contribution in [0, 0.1) is 5.92 Å². The van der Waals surface area contributed by atoms with Gasteiger partial charge in [-0.2, -0.15) is 0 Å². The minimum atomic E-state index is -0.0212. The lowest BCUT2D eigenvalue weighted by molar-refractivity contribution is -0.134. The fraction of sp³-hybridized carbons (Fsp3) is 0.556. The maximum Gasteiger partial charge on any atom is 0.234 e. The highest BCUT2D eigenvalue weighted by Gasteiger charge is 2.26. The number of amides is 2. The van der Waals surface area contributed by atoms with Crippen LogP contribution in [0.15, 0.2) is 24.3 Å². The second-order valence-corrected chi connectivity index (χ2v) is 6.88. The lowest BCUT2D eigenvalue weighted by Gasteiger charge is -2.31. The Hall–Kier alpha value is -1.79. The van der Waals surface area contributed by atoms with Crippen LogP contribution in [-0.4, -0.2) is 68.5 Å². The normalized spacial score (nSPS) is 15.6. The zero-order valence-electron chi connectivity index (χ0n) is 14.8. The van der Waals surface area contributed by atoms with Crippen molar-refractivity contribution < 1.29 is 14.3 Å². The fourth-order valence-corrected chi connectivity index (χ4v) is 3.06. The molecule has 138 valence electrons. The topological polar surface area (TPSA) is 61.9 Å². The Balaban J connectivity index is 1.60. The van der Waals surface area contributed by atoms with Gasteiger partial charge < -0.3 is 15.0 Å². The molecular formula is C18H26ClN3O3. The van der Waals surface area contributed by atoms with Crippen LogP contribution in [0.3, 0.4) is 0 Å². The van der Waals surface area contributed by atoms with E-state index >= 15 is 0 Å². The molecule has 0 atom stereocenters. The number of hydrogen-bond acceptors (Lipinski definition) is 4. The van der Waals surface area contributed by atoms with Crippen LogP contribution in [-0.2, 0) is 9.59 Å². The summed E-state index contributed by atoms with van der Waals surface area (Å²) in [7, 11) is 3.57. The van der Waals surface area contributed by atoms with Crippen molar-refractivity contribution in [3.8, 4) is 5.75 Å². The Morgan fingerprint density at radius 3 is 2.68 bits per heavy atom. The average molecular weight is 368 g/mol. The Kier molecular flexibility index (Phi) is 7.52. The van der Waals surface area contributed by atoms with Gasteiger partial charge in [-0.3, -0.25) is 14.5 Å². The van der Waals surface area contributed by atoms with Gasteiger partial charge >= 0.3 is 0 Å². The molecule has 2 amide bonds. The quantitative estimate of drug-likeness (QED) is 0.744. The summed E-state index contributed by atoms with van der Waals surface area (Å²) in [5.74, 6) is 0.934. The van der Waals surface area contributed by atoms with Gasteiger partial charge in [-0.05, 0) is 44.1 Å². The zero-order valence-corrected chi connectivity index (χ0v) is 15.6. The molecule has 0 radical (unpaired) electrons. The van der Waals surface area contributed by atoms with Crippen molar-refractivity contribution in [1.29, 1.82) is 0 Å². The SMILES string of the molecule is CN(C)C(=O)C1CCN(CC(=O)NCCOc2cccc(Cl)c2)CC1. The molecule has 1 aliphatic heterocycles. The summed E-state index contributed by atoms with van der Waals surface area (Å²) in [6.45, 7) is 2.75. The smallest absolute Gasteiger partial charge is 0.234 e. The number of hydrogen-bond donors (Lipinski definition) is 1. The Labute approximate surface area is 154 Å². The molecule has 0 aliphatic carbocycles. The first-order chi connectivity index (χ1) is 12.0. The molecule has 1 aliphatic rings. The second-order valence-electron chi connectivity index (χ2n) is 6.44. The van der Waals surface area contributed by atoms with Crippen LogP contribution < -0.4 is 10.1 Å². The maximum absolute atomic E-state index is 12.0. The van der Waals surface area contributed by atoms with Gasteiger partial charge in [-0.15, -0.1) is 0 Å². The van der Waals surface area contributed by atoms with Crippen molar-refractivity contribution in [2.45, 2.75) is 12.8 Å². The standard InChI is InChI=1S/C18H26ClN3O3/c1-21(2)18(24)14-6-9-22(10-7-14)13-17(23)20-8-11-25-16-5-3-4-15(19)12-16/h3-5,12,14H,6-11,13H2,1-2H3,(H,20,23). The summed E-state index contributed by atoms with van der Waals surface area (Å²) in [6.07, 6.45) is 1.62. The molecule has 0 bridgehead atoms. The van der Waals surface area contributed by atoms with Crippen LogP contribution in [0.5, 0.6) is 5.75 Å². The van der Waals surface area contributed by atoms with Gasteiger partial charge in [0.15, 0.2) is 0 Å². The summed E-state index contributed by atoms with van der Waals surface area (Å²) in [6, 6.07) is 7.17. The minimum absolute atomic E-state index is 0.0212. The van der Waals surface area contributed by atoms with Crippen molar-refractivity contribution in [1.82, 2.24) is 15.1 Å². The van der Waals surface area contributed by atoms with Gasteiger partial charge in [0.2, 0.25) is 11.8 Å². The Morgan fingerprint density at radius 2 is 2.04 bits per heavy atom. The van der Waals surface area contributed by atoms with Crippen molar-refractivity contribution in [2.24, 2.45) is 5.92 Å². The number of halogens is 1. The lowest BCUT2D eigenvalue weighted by Crippen LogP contribution is -2.44. The van der Waals surface area contributed by atoms with E-state index in [1.807, 2.05) is 12.1 Å². The van der Waals surface area contributed by atoms with Crippen molar-refractivity contribution in [3.05, 3.63) is 29.3 Å². The van der Waals surface area contributed by atoms with Gasteiger partial charge in [-0.25, -0.2) is 0 Å². The van der Waals surface area contributed by atoms with Gasteiger partial charge in [0, 0.05) is 25.0 Å². The van der Waals surface area contributed by atoms with Gasteiger partial charge in [0.05, 0.1) is 13.1 Å². The predicted octanol–water partition coefficient (Wildman–Crippen LogP) is 1.64. The molecule has 7 heteroatoms. The number of rotatable bonds is 7. The third kappa shape index (κ3) is 6.55. The van der Waals surface area contributed by atoms with E-state index in [4.69, 9.17) is 16.3 Å². The highest BCUT2D eigenvalue weighted by atomic mass is 35.5. The van der Waals surface area contributed by atoms with E-state index in [0.29, 0.717) is 30.5 Å². The molecule has 2 rings (SSSR count). The Bertz CT molecular complexity index is 587. The largest absolute Gasteiger partial charge is 0.492 e. The van der Waals surface area contributed by atoms with Crippen LogP contribution >= 0.6 is 11.6 Å². The molecule has 1 saturated heterocycles. The first-order valence-corrected chi connectivity index (χ1v) is 8.92. The number of ether oxygens (including phenoxy) is 1.